The Kier molecular flexibility index (Phi) is 8.10. The highest BCUT2D eigenvalue weighted by molar-refractivity contribution is 7.15. The summed E-state index contributed by atoms with van der Waals surface area (Å²) in [7, 11) is 3.17. The summed E-state index contributed by atoms with van der Waals surface area (Å²) in [6.45, 7) is 6.24. The molecule has 1 atom stereocenters. The van der Waals surface area contributed by atoms with Crippen molar-refractivity contribution in [2.24, 2.45) is 0 Å². The first-order chi connectivity index (χ1) is 15.7. The summed E-state index contributed by atoms with van der Waals surface area (Å²) in [5, 5.41) is 0. The first kappa shape index (κ1) is 24.7. The predicted octanol–water partition coefficient (Wildman–Crippen LogP) is 3.25. The van der Waals surface area contributed by atoms with E-state index < -0.39 is 0 Å². The van der Waals surface area contributed by atoms with Crippen LogP contribution in [0, 0.1) is 0 Å². The average molecular weight is 475 g/mol. The Morgan fingerprint density at radius 1 is 1.06 bits per heavy atom. The number of methoxy groups -OCH3 is 2. The zero-order valence-electron chi connectivity index (χ0n) is 19.6. The molecule has 178 valence electrons. The van der Waals surface area contributed by atoms with Crippen molar-refractivity contribution in [3.63, 3.8) is 0 Å². The standard InChI is InChI=1S/C24H30N2O6S/c1-15(2)26-12-20(32-14-17-8-18(30-4)10-19(9-17)31-5)11-25(13-23(26)28)24(29)22-7-6-21(33-22)16(3)27/h6-10,15,20H,11-14H2,1-5H3/t20-/m0/s1. The Hall–Kier alpha value is -2.91. The third-order valence-corrected chi connectivity index (χ3v) is 6.62. The Bertz CT molecular complexity index is 996. The van der Waals surface area contributed by atoms with Gasteiger partial charge in [-0.15, -0.1) is 11.3 Å². The van der Waals surface area contributed by atoms with Crippen LogP contribution in [-0.4, -0.2) is 73.4 Å². The maximum atomic E-state index is 13.2. The molecule has 2 amide bonds. The number of ether oxygens (including phenoxy) is 3. The summed E-state index contributed by atoms with van der Waals surface area (Å²) in [5.74, 6) is 0.818. The number of ketones is 1. The van der Waals surface area contributed by atoms with Crippen LogP contribution < -0.4 is 9.47 Å². The highest BCUT2D eigenvalue weighted by Crippen LogP contribution is 2.24. The van der Waals surface area contributed by atoms with E-state index in [1.807, 2.05) is 26.0 Å². The smallest absolute Gasteiger partial charge is 0.264 e. The first-order valence-electron chi connectivity index (χ1n) is 10.7. The number of benzene rings is 1. The molecule has 2 heterocycles. The van der Waals surface area contributed by atoms with Gasteiger partial charge in [0.05, 0.1) is 36.7 Å². The SMILES string of the molecule is COc1cc(CO[C@H]2CN(C(=O)c3ccc(C(C)=O)s3)CC(=O)N(C(C)C)C2)cc(OC)c1. The van der Waals surface area contributed by atoms with E-state index in [4.69, 9.17) is 14.2 Å². The number of nitrogens with zero attached hydrogens (tertiary/aromatic N) is 2. The van der Waals surface area contributed by atoms with E-state index >= 15 is 0 Å². The highest BCUT2D eigenvalue weighted by Gasteiger charge is 2.33. The summed E-state index contributed by atoms with van der Waals surface area (Å²) in [5.41, 5.74) is 0.861. The van der Waals surface area contributed by atoms with E-state index in [0.717, 1.165) is 16.9 Å². The summed E-state index contributed by atoms with van der Waals surface area (Å²) in [6.07, 6.45) is -0.382. The molecule has 0 aliphatic carbocycles. The van der Waals surface area contributed by atoms with Crippen LogP contribution in [-0.2, 0) is 16.1 Å². The fourth-order valence-electron chi connectivity index (χ4n) is 3.66. The van der Waals surface area contributed by atoms with Crippen molar-refractivity contribution < 1.29 is 28.6 Å². The molecule has 1 saturated heterocycles. The second-order valence-corrected chi connectivity index (χ2v) is 9.28. The second kappa shape index (κ2) is 10.8. The molecular formula is C24H30N2O6S. The van der Waals surface area contributed by atoms with Gasteiger partial charge in [-0.1, -0.05) is 0 Å². The van der Waals surface area contributed by atoms with Gasteiger partial charge in [-0.2, -0.15) is 0 Å². The number of rotatable bonds is 8. The van der Waals surface area contributed by atoms with Crippen LogP contribution in [0.25, 0.3) is 0 Å². The Morgan fingerprint density at radius 2 is 1.70 bits per heavy atom. The van der Waals surface area contributed by atoms with Crippen molar-refractivity contribution >= 4 is 28.9 Å². The molecule has 1 aromatic carbocycles. The molecule has 9 heteroatoms. The van der Waals surface area contributed by atoms with Crippen molar-refractivity contribution in [2.45, 2.75) is 39.5 Å². The molecule has 0 unspecified atom stereocenters. The normalized spacial score (nSPS) is 16.7. The summed E-state index contributed by atoms with van der Waals surface area (Å²) >= 11 is 1.14. The summed E-state index contributed by atoms with van der Waals surface area (Å²) in [6, 6.07) is 8.76. The molecule has 0 saturated carbocycles. The fraction of sp³-hybridized carbons (Fsp3) is 0.458. The number of Topliss-reactive ketones (excluding diaryl/α,β-unsaturated/α-hetero) is 1. The Morgan fingerprint density at radius 3 is 2.24 bits per heavy atom. The van der Waals surface area contributed by atoms with Crippen LogP contribution >= 0.6 is 11.3 Å². The lowest BCUT2D eigenvalue weighted by molar-refractivity contribution is -0.133. The first-order valence-corrected chi connectivity index (χ1v) is 11.6. The molecule has 3 rings (SSSR count). The van der Waals surface area contributed by atoms with Crippen molar-refractivity contribution in [3.05, 3.63) is 45.6 Å². The predicted molar refractivity (Wildman–Crippen MR) is 125 cm³/mol. The molecule has 1 aliphatic rings. The maximum Gasteiger partial charge on any atom is 0.264 e. The summed E-state index contributed by atoms with van der Waals surface area (Å²) < 4.78 is 16.8. The minimum Gasteiger partial charge on any atom is -0.497 e. The molecule has 2 aromatic rings. The van der Waals surface area contributed by atoms with Crippen LogP contribution in [0.4, 0.5) is 0 Å². The van der Waals surface area contributed by atoms with Crippen LogP contribution in [0.3, 0.4) is 0 Å². The van der Waals surface area contributed by atoms with E-state index in [0.29, 0.717) is 27.8 Å². The van der Waals surface area contributed by atoms with Crippen molar-refractivity contribution in [1.29, 1.82) is 0 Å². The minimum atomic E-state index is -0.382. The van der Waals surface area contributed by atoms with Crippen LogP contribution in [0.1, 0.15) is 45.7 Å². The van der Waals surface area contributed by atoms with Gasteiger partial charge < -0.3 is 24.0 Å². The van der Waals surface area contributed by atoms with E-state index in [1.165, 1.54) is 11.8 Å². The Labute approximate surface area is 198 Å². The van der Waals surface area contributed by atoms with Gasteiger partial charge in [-0.25, -0.2) is 0 Å². The van der Waals surface area contributed by atoms with Crippen molar-refractivity contribution in [1.82, 2.24) is 9.80 Å². The van der Waals surface area contributed by atoms with Gasteiger partial charge in [-0.3, -0.25) is 14.4 Å². The van der Waals surface area contributed by atoms with Crippen LogP contribution in [0.15, 0.2) is 30.3 Å². The van der Waals surface area contributed by atoms with Gasteiger partial charge >= 0.3 is 0 Å². The quantitative estimate of drug-likeness (QED) is 0.546. The van der Waals surface area contributed by atoms with Crippen LogP contribution in [0.2, 0.25) is 0 Å². The molecule has 0 bridgehead atoms. The van der Waals surface area contributed by atoms with Crippen molar-refractivity contribution in [3.8, 4) is 11.5 Å². The molecule has 0 spiro atoms. The molecule has 8 nitrogen and oxygen atoms in total. The lowest BCUT2D eigenvalue weighted by atomic mass is 10.2. The third kappa shape index (κ3) is 6.11. The second-order valence-electron chi connectivity index (χ2n) is 8.20. The Balaban J connectivity index is 1.79. The van der Waals surface area contributed by atoms with Gasteiger partial charge in [0.1, 0.15) is 18.0 Å². The number of thiophene rings is 1. The van der Waals surface area contributed by atoms with Gasteiger partial charge in [-0.05, 0) is 50.6 Å². The topological polar surface area (TPSA) is 85.4 Å². The van der Waals surface area contributed by atoms with Gasteiger partial charge in [0.2, 0.25) is 5.91 Å². The molecule has 0 radical (unpaired) electrons. The molecule has 1 aliphatic heterocycles. The highest BCUT2D eigenvalue weighted by atomic mass is 32.1. The number of hydrogen-bond donors (Lipinski definition) is 0. The van der Waals surface area contributed by atoms with Gasteiger partial charge in [0, 0.05) is 25.2 Å². The zero-order chi connectivity index (χ0) is 24.1. The third-order valence-electron chi connectivity index (χ3n) is 5.44. The summed E-state index contributed by atoms with van der Waals surface area (Å²) in [4.78, 5) is 41.9. The van der Waals surface area contributed by atoms with Gasteiger partial charge in [0.15, 0.2) is 5.78 Å². The number of hydrogen-bond acceptors (Lipinski definition) is 7. The lowest BCUT2D eigenvalue weighted by Crippen LogP contribution is -2.42. The van der Waals surface area contributed by atoms with E-state index in [9.17, 15) is 14.4 Å². The van der Waals surface area contributed by atoms with E-state index in [2.05, 4.69) is 0 Å². The average Bonchev–Trinajstić information content (AvgIpc) is 3.23. The monoisotopic (exact) mass is 474 g/mol. The lowest BCUT2D eigenvalue weighted by Gasteiger charge is -2.27. The number of amides is 2. The van der Waals surface area contributed by atoms with E-state index in [-0.39, 0.29) is 49.4 Å². The zero-order valence-corrected chi connectivity index (χ0v) is 20.4. The van der Waals surface area contributed by atoms with Crippen molar-refractivity contribution in [2.75, 3.05) is 33.9 Å². The molecule has 1 aromatic heterocycles. The molecule has 33 heavy (non-hydrogen) atoms. The largest absolute Gasteiger partial charge is 0.497 e. The van der Waals surface area contributed by atoms with E-state index in [1.54, 1.807) is 37.3 Å². The fourth-order valence-corrected chi connectivity index (χ4v) is 4.53. The van der Waals surface area contributed by atoms with Crippen LogP contribution in [0.5, 0.6) is 11.5 Å². The van der Waals surface area contributed by atoms with Gasteiger partial charge in [0.25, 0.3) is 5.91 Å². The molecule has 0 N–H and O–H groups in total. The maximum absolute atomic E-state index is 13.2. The molecule has 1 fully saturated rings. The molecular weight excluding hydrogens is 444 g/mol. The number of carbonyl (C=O) groups is 3. The number of carbonyl (C=O) groups excluding carboxylic acids is 3. The minimum absolute atomic E-state index is 0.0263.